The smallest absolute Gasteiger partial charge is 0.260 e. The number of ether oxygens (including phenoxy) is 1. The first-order chi connectivity index (χ1) is 14.0. The Labute approximate surface area is 171 Å². The van der Waals surface area contributed by atoms with Gasteiger partial charge in [0.2, 0.25) is 10.0 Å². The lowest BCUT2D eigenvalue weighted by Gasteiger charge is -2.34. The Morgan fingerprint density at radius 3 is 2.45 bits per heavy atom. The lowest BCUT2D eigenvalue weighted by molar-refractivity contribution is -0.127. The van der Waals surface area contributed by atoms with Crippen molar-refractivity contribution in [2.45, 2.75) is 13.0 Å². The fourth-order valence-electron chi connectivity index (χ4n) is 3.07. The van der Waals surface area contributed by atoms with Crippen molar-refractivity contribution in [3.8, 4) is 5.75 Å². The van der Waals surface area contributed by atoms with E-state index in [2.05, 4.69) is 15.2 Å². The zero-order valence-electron chi connectivity index (χ0n) is 16.4. The number of aromatic nitrogens is 1. The van der Waals surface area contributed by atoms with E-state index in [4.69, 9.17) is 4.74 Å². The average Bonchev–Trinajstić information content (AvgIpc) is 2.75. The van der Waals surface area contributed by atoms with E-state index in [-0.39, 0.29) is 18.2 Å². The minimum absolute atomic E-state index is 0.0457. The summed E-state index contributed by atoms with van der Waals surface area (Å²) in [5.74, 6) is 0.960. The summed E-state index contributed by atoms with van der Waals surface area (Å²) in [6.45, 7) is 3.66. The Bertz CT molecular complexity index is 885. The molecule has 0 saturated carbocycles. The van der Waals surface area contributed by atoms with Crippen LogP contribution in [0.1, 0.15) is 6.92 Å². The third-order valence-electron chi connectivity index (χ3n) is 4.69. The van der Waals surface area contributed by atoms with Crippen LogP contribution in [0.3, 0.4) is 0 Å². The number of piperazine rings is 1. The zero-order valence-corrected chi connectivity index (χ0v) is 17.2. The second-order valence-electron chi connectivity index (χ2n) is 6.75. The van der Waals surface area contributed by atoms with Gasteiger partial charge in [0.25, 0.3) is 5.91 Å². The van der Waals surface area contributed by atoms with Gasteiger partial charge in [0, 0.05) is 38.9 Å². The van der Waals surface area contributed by atoms with E-state index in [0.29, 0.717) is 31.9 Å². The van der Waals surface area contributed by atoms with Crippen LogP contribution in [0.5, 0.6) is 5.75 Å². The molecule has 0 bridgehead atoms. The monoisotopic (exact) mass is 418 g/mol. The van der Waals surface area contributed by atoms with E-state index in [1.807, 2.05) is 36.4 Å². The Hall–Kier alpha value is -2.65. The lowest BCUT2D eigenvalue weighted by Crippen LogP contribution is -2.50. The number of hydrogen-bond acceptors (Lipinski definition) is 6. The molecule has 1 amide bonds. The fourth-order valence-corrected chi connectivity index (χ4v) is 4.41. The number of hydrogen-bond donors (Lipinski definition) is 1. The Kier molecular flexibility index (Phi) is 7.05. The number of rotatable bonds is 8. The Balaban J connectivity index is 1.42. The van der Waals surface area contributed by atoms with Gasteiger partial charge in [-0.05, 0) is 31.2 Å². The number of nitrogens with zero attached hydrogens (tertiary/aromatic N) is 3. The van der Waals surface area contributed by atoms with Crippen LogP contribution in [0.15, 0.2) is 54.7 Å². The van der Waals surface area contributed by atoms with Gasteiger partial charge in [-0.1, -0.05) is 24.3 Å². The summed E-state index contributed by atoms with van der Waals surface area (Å²) in [5, 5.41) is 2.64. The van der Waals surface area contributed by atoms with Crippen molar-refractivity contribution in [1.29, 1.82) is 0 Å². The standard InChI is InChI=1S/C20H26N4O4S/c1-17(28-18-7-3-2-4-8-18)20(25)22-11-16-29(26,27)24-14-12-23(13-15-24)19-9-5-6-10-21-19/h2-10,17H,11-16H2,1H3,(H,22,25)/t17-/m0/s1. The average molecular weight is 419 g/mol. The third kappa shape index (κ3) is 5.91. The van der Waals surface area contributed by atoms with Gasteiger partial charge in [0.1, 0.15) is 11.6 Å². The summed E-state index contributed by atoms with van der Waals surface area (Å²) in [6.07, 6.45) is 1.02. The van der Waals surface area contributed by atoms with E-state index in [1.54, 1.807) is 25.3 Å². The highest BCUT2D eigenvalue weighted by atomic mass is 32.2. The van der Waals surface area contributed by atoms with Crippen LogP contribution in [-0.2, 0) is 14.8 Å². The van der Waals surface area contributed by atoms with E-state index >= 15 is 0 Å². The normalized spacial score (nSPS) is 16.2. The first kappa shape index (κ1) is 21.1. The van der Waals surface area contributed by atoms with Crippen LogP contribution < -0.4 is 15.0 Å². The van der Waals surface area contributed by atoms with E-state index in [0.717, 1.165) is 5.82 Å². The molecule has 1 fully saturated rings. The van der Waals surface area contributed by atoms with Crippen molar-refractivity contribution in [1.82, 2.24) is 14.6 Å². The summed E-state index contributed by atoms with van der Waals surface area (Å²) in [5.41, 5.74) is 0. The largest absolute Gasteiger partial charge is 0.481 e. The van der Waals surface area contributed by atoms with Crippen molar-refractivity contribution >= 4 is 21.7 Å². The molecule has 0 spiro atoms. The second-order valence-corrected chi connectivity index (χ2v) is 8.84. The number of sulfonamides is 1. The molecule has 1 saturated heterocycles. The molecule has 29 heavy (non-hydrogen) atoms. The van der Waals surface area contributed by atoms with Crippen molar-refractivity contribution in [2.24, 2.45) is 0 Å². The quantitative estimate of drug-likeness (QED) is 0.691. The molecule has 1 N–H and O–H groups in total. The predicted molar refractivity (Wildman–Crippen MR) is 111 cm³/mol. The number of anilines is 1. The van der Waals surface area contributed by atoms with Crippen LogP contribution in [0, 0.1) is 0 Å². The first-order valence-electron chi connectivity index (χ1n) is 9.59. The minimum atomic E-state index is -3.44. The van der Waals surface area contributed by atoms with Gasteiger partial charge in [-0.2, -0.15) is 4.31 Å². The fraction of sp³-hybridized carbons (Fsp3) is 0.400. The molecule has 1 aliphatic heterocycles. The van der Waals surface area contributed by atoms with E-state index in [9.17, 15) is 13.2 Å². The third-order valence-corrected chi connectivity index (χ3v) is 6.56. The molecule has 1 aliphatic rings. The van der Waals surface area contributed by atoms with Crippen molar-refractivity contribution in [2.75, 3.05) is 43.4 Å². The molecule has 1 aromatic carbocycles. The summed E-state index contributed by atoms with van der Waals surface area (Å²) in [7, 11) is -3.44. The molecule has 3 rings (SSSR count). The first-order valence-corrected chi connectivity index (χ1v) is 11.2. The molecule has 2 heterocycles. The van der Waals surface area contributed by atoms with Crippen LogP contribution >= 0.6 is 0 Å². The van der Waals surface area contributed by atoms with Crippen LogP contribution in [-0.4, -0.2) is 68.2 Å². The van der Waals surface area contributed by atoms with E-state index in [1.165, 1.54) is 4.31 Å². The number of nitrogens with one attached hydrogen (secondary N) is 1. The summed E-state index contributed by atoms with van der Waals surface area (Å²) >= 11 is 0. The maximum absolute atomic E-state index is 12.6. The van der Waals surface area contributed by atoms with Crippen molar-refractivity contribution < 1.29 is 17.9 Å². The van der Waals surface area contributed by atoms with Gasteiger partial charge in [-0.25, -0.2) is 13.4 Å². The van der Waals surface area contributed by atoms with Crippen LogP contribution in [0.4, 0.5) is 5.82 Å². The summed E-state index contributed by atoms with van der Waals surface area (Å²) < 4.78 is 32.2. The number of amides is 1. The highest BCUT2D eigenvalue weighted by Crippen LogP contribution is 2.15. The highest BCUT2D eigenvalue weighted by Gasteiger charge is 2.27. The van der Waals surface area contributed by atoms with Gasteiger partial charge >= 0.3 is 0 Å². The highest BCUT2D eigenvalue weighted by molar-refractivity contribution is 7.89. The van der Waals surface area contributed by atoms with E-state index < -0.39 is 16.1 Å². The number of carbonyl (C=O) groups excluding carboxylic acids is 1. The van der Waals surface area contributed by atoms with Crippen molar-refractivity contribution in [3.63, 3.8) is 0 Å². The Morgan fingerprint density at radius 1 is 1.10 bits per heavy atom. The molecule has 9 heteroatoms. The number of carbonyl (C=O) groups is 1. The summed E-state index contributed by atoms with van der Waals surface area (Å²) in [4.78, 5) is 18.5. The number of para-hydroxylation sites is 1. The van der Waals surface area contributed by atoms with Crippen LogP contribution in [0.2, 0.25) is 0 Å². The molecule has 8 nitrogen and oxygen atoms in total. The van der Waals surface area contributed by atoms with Gasteiger partial charge in [0.15, 0.2) is 6.10 Å². The van der Waals surface area contributed by atoms with Crippen LogP contribution in [0.25, 0.3) is 0 Å². The van der Waals surface area contributed by atoms with Gasteiger partial charge in [0.05, 0.1) is 5.75 Å². The van der Waals surface area contributed by atoms with Crippen molar-refractivity contribution in [3.05, 3.63) is 54.7 Å². The number of pyridine rings is 1. The minimum Gasteiger partial charge on any atom is -0.481 e. The number of benzene rings is 1. The second kappa shape index (κ2) is 9.71. The Morgan fingerprint density at radius 2 is 1.79 bits per heavy atom. The molecule has 0 unspecified atom stereocenters. The molecule has 0 radical (unpaired) electrons. The molecular weight excluding hydrogens is 392 g/mol. The molecular formula is C20H26N4O4S. The molecule has 156 valence electrons. The zero-order chi connectivity index (χ0) is 20.7. The predicted octanol–water partition coefficient (Wildman–Crippen LogP) is 1.12. The van der Waals surface area contributed by atoms with Gasteiger partial charge in [-0.3, -0.25) is 4.79 Å². The van der Waals surface area contributed by atoms with Gasteiger partial charge < -0.3 is 15.0 Å². The maximum Gasteiger partial charge on any atom is 0.260 e. The molecule has 1 aromatic heterocycles. The molecule has 0 aliphatic carbocycles. The summed E-state index contributed by atoms with van der Waals surface area (Å²) in [6, 6.07) is 14.7. The lowest BCUT2D eigenvalue weighted by atomic mass is 10.3. The molecule has 1 atom stereocenters. The molecule has 2 aromatic rings. The SMILES string of the molecule is C[C@H](Oc1ccccc1)C(=O)NCCS(=O)(=O)N1CCN(c2ccccn2)CC1. The topological polar surface area (TPSA) is 91.8 Å². The maximum atomic E-state index is 12.6. The van der Waals surface area contributed by atoms with Gasteiger partial charge in [-0.15, -0.1) is 0 Å².